The highest BCUT2D eigenvalue weighted by molar-refractivity contribution is 5.81. The molecule has 2 aromatic rings. The van der Waals surface area contributed by atoms with Gasteiger partial charge in [0.15, 0.2) is 0 Å². The minimum absolute atomic E-state index is 0.00615. The molecule has 0 fully saturated rings. The molecular formula is C21H28N2O2. The molecule has 0 aliphatic heterocycles. The Morgan fingerprint density at radius 1 is 1.08 bits per heavy atom. The van der Waals surface area contributed by atoms with Crippen LogP contribution in [-0.2, 0) is 4.79 Å². The standard InChI is InChI=1S/C21H28N2O2/c1-16-10-12-20(13-11-16)25-15-14-23(4)18(3)21(24)22-17(2)19-8-6-5-7-9-19/h5-13,17-18H,14-15H2,1-4H3,(H,22,24)/t17-,18+/m0/s1. The van der Waals surface area contributed by atoms with Crippen LogP contribution in [0.4, 0.5) is 0 Å². The first-order valence-electron chi connectivity index (χ1n) is 8.72. The van der Waals surface area contributed by atoms with Gasteiger partial charge < -0.3 is 10.1 Å². The number of rotatable bonds is 8. The van der Waals surface area contributed by atoms with Gasteiger partial charge in [0.05, 0.1) is 12.1 Å². The lowest BCUT2D eigenvalue weighted by Crippen LogP contribution is -2.45. The van der Waals surface area contributed by atoms with Crippen molar-refractivity contribution < 1.29 is 9.53 Å². The van der Waals surface area contributed by atoms with E-state index in [0.717, 1.165) is 11.3 Å². The van der Waals surface area contributed by atoms with Gasteiger partial charge in [-0.25, -0.2) is 0 Å². The lowest BCUT2D eigenvalue weighted by atomic mass is 10.1. The minimum atomic E-state index is -0.215. The molecule has 0 saturated heterocycles. The fraction of sp³-hybridized carbons (Fsp3) is 0.381. The molecule has 0 bridgehead atoms. The third kappa shape index (κ3) is 5.91. The van der Waals surface area contributed by atoms with Crippen molar-refractivity contribution in [2.24, 2.45) is 0 Å². The molecular weight excluding hydrogens is 312 g/mol. The Balaban J connectivity index is 1.77. The smallest absolute Gasteiger partial charge is 0.237 e. The van der Waals surface area contributed by atoms with Crippen molar-refractivity contribution in [3.63, 3.8) is 0 Å². The van der Waals surface area contributed by atoms with Crippen LogP contribution in [0, 0.1) is 6.92 Å². The van der Waals surface area contributed by atoms with Crippen LogP contribution in [0.15, 0.2) is 54.6 Å². The quantitative estimate of drug-likeness (QED) is 0.799. The molecule has 1 amide bonds. The number of aryl methyl sites for hydroxylation is 1. The van der Waals surface area contributed by atoms with Crippen molar-refractivity contribution in [3.05, 3.63) is 65.7 Å². The molecule has 4 heteroatoms. The van der Waals surface area contributed by atoms with Crippen LogP contribution in [0.2, 0.25) is 0 Å². The summed E-state index contributed by atoms with van der Waals surface area (Å²) in [6.45, 7) is 7.20. The number of hydrogen-bond donors (Lipinski definition) is 1. The number of hydrogen-bond acceptors (Lipinski definition) is 3. The maximum absolute atomic E-state index is 12.4. The fourth-order valence-corrected chi connectivity index (χ4v) is 2.49. The van der Waals surface area contributed by atoms with Crippen LogP contribution < -0.4 is 10.1 Å². The normalized spacial score (nSPS) is 13.3. The van der Waals surface area contributed by atoms with Gasteiger partial charge in [-0.3, -0.25) is 9.69 Å². The monoisotopic (exact) mass is 340 g/mol. The van der Waals surface area contributed by atoms with Crippen LogP contribution in [0.1, 0.15) is 31.0 Å². The topological polar surface area (TPSA) is 41.6 Å². The first kappa shape index (κ1) is 19.0. The number of likely N-dealkylation sites (N-methyl/N-ethyl adjacent to an activating group) is 1. The van der Waals surface area contributed by atoms with Crippen molar-refractivity contribution in [1.29, 1.82) is 0 Å². The van der Waals surface area contributed by atoms with Crippen LogP contribution in [-0.4, -0.2) is 37.0 Å². The molecule has 25 heavy (non-hydrogen) atoms. The van der Waals surface area contributed by atoms with Gasteiger partial charge in [-0.1, -0.05) is 48.0 Å². The van der Waals surface area contributed by atoms with E-state index in [1.54, 1.807) is 0 Å². The molecule has 0 saturated carbocycles. The molecule has 0 aliphatic rings. The molecule has 0 aromatic heterocycles. The summed E-state index contributed by atoms with van der Waals surface area (Å²) >= 11 is 0. The van der Waals surface area contributed by atoms with Crippen molar-refractivity contribution in [1.82, 2.24) is 10.2 Å². The average Bonchev–Trinajstić information content (AvgIpc) is 2.63. The Kier molecular flexibility index (Phi) is 7.02. The summed E-state index contributed by atoms with van der Waals surface area (Å²) in [6, 6.07) is 17.7. The highest BCUT2D eigenvalue weighted by Gasteiger charge is 2.19. The van der Waals surface area contributed by atoms with Crippen LogP contribution in [0.3, 0.4) is 0 Å². The summed E-state index contributed by atoms with van der Waals surface area (Å²) in [7, 11) is 1.94. The van der Waals surface area contributed by atoms with Crippen LogP contribution in [0.25, 0.3) is 0 Å². The molecule has 0 spiro atoms. The Morgan fingerprint density at radius 3 is 2.36 bits per heavy atom. The number of nitrogens with one attached hydrogen (secondary N) is 1. The summed E-state index contributed by atoms with van der Waals surface area (Å²) in [4.78, 5) is 14.4. The molecule has 134 valence electrons. The molecule has 1 N–H and O–H groups in total. The predicted molar refractivity (Wildman–Crippen MR) is 102 cm³/mol. The van der Waals surface area contributed by atoms with Gasteiger partial charge in [-0.15, -0.1) is 0 Å². The van der Waals surface area contributed by atoms with Gasteiger partial charge in [-0.2, -0.15) is 0 Å². The second-order valence-corrected chi connectivity index (χ2v) is 6.46. The summed E-state index contributed by atoms with van der Waals surface area (Å²) in [5.74, 6) is 0.878. The zero-order valence-electron chi connectivity index (χ0n) is 15.5. The summed E-state index contributed by atoms with van der Waals surface area (Å²) in [6.07, 6.45) is 0. The van der Waals surface area contributed by atoms with E-state index in [4.69, 9.17) is 4.74 Å². The fourth-order valence-electron chi connectivity index (χ4n) is 2.49. The van der Waals surface area contributed by atoms with Crippen LogP contribution in [0.5, 0.6) is 5.75 Å². The number of benzene rings is 2. The predicted octanol–water partition coefficient (Wildman–Crippen LogP) is 3.57. The van der Waals surface area contributed by atoms with E-state index >= 15 is 0 Å². The molecule has 2 rings (SSSR count). The van der Waals surface area contributed by atoms with Gasteiger partial charge in [0, 0.05) is 6.54 Å². The Labute approximate surface area is 150 Å². The molecule has 4 nitrogen and oxygen atoms in total. The maximum atomic E-state index is 12.4. The van der Waals surface area contributed by atoms with Gasteiger partial charge in [0.2, 0.25) is 5.91 Å². The van der Waals surface area contributed by atoms with E-state index in [0.29, 0.717) is 13.2 Å². The second kappa shape index (κ2) is 9.23. The molecule has 0 radical (unpaired) electrons. The lowest BCUT2D eigenvalue weighted by molar-refractivity contribution is -0.126. The molecule has 0 aliphatic carbocycles. The van der Waals surface area contributed by atoms with Gasteiger partial charge in [0.1, 0.15) is 12.4 Å². The van der Waals surface area contributed by atoms with E-state index in [1.807, 2.05) is 87.3 Å². The van der Waals surface area contributed by atoms with Gasteiger partial charge in [-0.05, 0) is 45.5 Å². The van der Waals surface area contributed by atoms with Crippen molar-refractivity contribution in [2.75, 3.05) is 20.2 Å². The van der Waals surface area contributed by atoms with E-state index < -0.39 is 0 Å². The summed E-state index contributed by atoms with van der Waals surface area (Å²) in [5.41, 5.74) is 2.32. The second-order valence-electron chi connectivity index (χ2n) is 6.46. The first-order valence-corrected chi connectivity index (χ1v) is 8.72. The minimum Gasteiger partial charge on any atom is -0.492 e. The molecule has 2 aromatic carbocycles. The molecule has 2 atom stereocenters. The third-order valence-corrected chi connectivity index (χ3v) is 4.43. The van der Waals surface area contributed by atoms with Crippen molar-refractivity contribution >= 4 is 5.91 Å². The number of carbonyl (C=O) groups is 1. The Hall–Kier alpha value is -2.33. The highest BCUT2D eigenvalue weighted by atomic mass is 16.5. The number of amides is 1. The maximum Gasteiger partial charge on any atom is 0.237 e. The average molecular weight is 340 g/mol. The van der Waals surface area contributed by atoms with E-state index in [9.17, 15) is 4.79 Å². The zero-order chi connectivity index (χ0) is 18.2. The van der Waals surface area contributed by atoms with Crippen molar-refractivity contribution in [3.8, 4) is 5.75 Å². The zero-order valence-corrected chi connectivity index (χ0v) is 15.5. The highest BCUT2D eigenvalue weighted by Crippen LogP contribution is 2.13. The Bertz CT molecular complexity index is 655. The van der Waals surface area contributed by atoms with E-state index in [2.05, 4.69) is 5.32 Å². The molecule has 0 unspecified atom stereocenters. The number of ether oxygens (including phenoxy) is 1. The number of carbonyl (C=O) groups excluding carboxylic acids is 1. The third-order valence-electron chi connectivity index (χ3n) is 4.43. The van der Waals surface area contributed by atoms with Gasteiger partial charge in [0.25, 0.3) is 0 Å². The van der Waals surface area contributed by atoms with E-state index in [-0.39, 0.29) is 18.0 Å². The summed E-state index contributed by atoms with van der Waals surface area (Å²) < 4.78 is 5.74. The largest absolute Gasteiger partial charge is 0.492 e. The summed E-state index contributed by atoms with van der Waals surface area (Å²) in [5, 5.41) is 3.07. The van der Waals surface area contributed by atoms with E-state index in [1.165, 1.54) is 5.56 Å². The SMILES string of the molecule is Cc1ccc(OCCN(C)[C@H](C)C(=O)N[C@@H](C)c2ccccc2)cc1. The van der Waals surface area contributed by atoms with Crippen LogP contribution >= 0.6 is 0 Å². The Morgan fingerprint density at radius 2 is 1.72 bits per heavy atom. The lowest BCUT2D eigenvalue weighted by Gasteiger charge is -2.25. The first-order chi connectivity index (χ1) is 12.0. The molecule has 0 heterocycles. The van der Waals surface area contributed by atoms with Crippen molar-refractivity contribution in [2.45, 2.75) is 32.9 Å². The number of nitrogens with zero attached hydrogens (tertiary/aromatic N) is 1. The van der Waals surface area contributed by atoms with Gasteiger partial charge >= 0.3 is 0 Å².